The monoisotopic (exact) mass is 506 g/mol. The van der Waals surface area contributed by atoms with Crippen molar-refractivity contribution in [3.05, 3.63) is 44.7 Å². The maximum Gasteiger partial charge on any atom is 0.191 e. The minimum atomic E-state index is -0.310. The largest absolute Gasteiger partial charge is 0.467 e. The van der Waals surface area contributed by atoms with Crippen LogP contribution in [-0.4, -0.2) is 24.3 Å². The van der Waals surface area contributed by atoms with Crippen LogP contribution >= 0.6 is 35.3 Å². The molecule has 6 nitrogen and oxygen atoms in total. The summed E-state index contributed by atoms with van der Waals surface area (Å²) in [7, 11) is 0. The molecule has 0 saturated carbocycles. The highest BCUT2D eigenvalue weighted by molar-refractivity contribution is 14.0. The SMILES string of the molecule is CCNC(=NCc1cc(F)cc2c1OCOC2)NCc1nc(C)c(C)s1.I. The lowest BCUT2D eigenvalue weighted by Crippen LogP contribution is -2.36. The molecule has 1 aromatic carbocycles. The molecule has 1 aromatic heterocycles. The highest BCUT2D eigenvalue weighted by atomic mass is 127. The Morgan fingerprint density at radius 1 is 1.33 bits per heavy atom. The number of benzene rings is 1. The van der Waals surface area contributed by atoms with Crippen molar-refractivity contribution in [2.45, 2.75) is 40.5 Å². The van der Waals surface area contributed by atoms with Gasteiger partial charge in [-0.1, -0.05) is 0 Å². The number of hydrogen-bond donors (Lipinski definition) is 2. The van der Waals surface area contributed by atoms with Crippen LogP contribution in [-0.2, 0) is 24.4 Å². The number of aryl methyl sites for hydroxylation is 2. The van der Waals surface area contributed by atoms with E-state index in [0.717, 1.165) is 17.2 Å². The molecule has 9 heteroatoms. The lowest BCUT2D eigenvalue weighted by molar-refractivity contribution is -0.0172. The number of thiazole rings is 1. The third kappa shape index (κ3) is 5.76. The van der Waals surface area contributed by atoms with Crippen molar-refractivity contribution in [2.75, 3.05) is 13.3 Å². The number of nitrogens with zero attached hydrogens (tertiary/aromatic N) is 2. The molecule has 0 radical (unpaired) electrons. The third-order valence-corrected chi connectivity index (χ3v) is 5.06. The Kier molecular flexibility index (Phi) is 8.24. The molecule has 0 saturated heterocycles. The molecule has 1 aliphatic heterocycles. The minimum absolute atomic E-state index is 0. The van der Waals surface area contributed by atoms with Crippen LogP contribution in [0.2, 0.25) is 0 Å². The zero-order chi connectivity index (χ0) is 18.5. The van der Waals surface area contributed by atoms with Gasteiger partial charge in [-0.3, -0.25) is 0 Å². The first-order chi connectivity index (χ1) is 12.6. The number of ether oxygens (including phenoxy) is 2. The zero-order valence-electron chi connectivity index (χ0n) is 15.6. The summed E-state index contributed by atoms with van der Waals surface area (Å²) in [6, 6.07) is 2.91. The van der Waals surface area contributed by atoms with Gasteiger partial charge in [-0.15, -0.1) is 35.3 Å². The normalized spacial score (nSPS) is 13.4. The molecular weight excluding hydrogens is 482 g/mol. The Bertz CT molecular complexity index is 793. The quantitative estimate of drug-likeness (QED) is 0.369. The molecule has 2 aromatic rings. The molecule has 148 valence electrons. The summed E-state index contributed by atoms with van der Waals surface area (Å²) in [5, 5.41) is 7.47. The predicted octanol–water partition coefficient (Wildman–Crippen LogP) is 3.64. The van der Waals surface area contributed by atoms with Crippen LogP contribution in [0.5, 0.6) is 5.75 Å². The third-order valence-electron chi connectivity index (χ3n) is 3.98. The van der Waals surface area contributed by atoms with Crippen molar-refractivity contribution in [3.8, 4) is 5.75 Å². The van der Waals surface area contributed by atoms with Gasteiger partial charge in [-0.25, -0.2) is 14.4 Å². The number of nitrogens with one attached hydrogen (secondary N) is 2. The average molecular weight is 506 g/mol. The second kappa shape index (κ2) is 10.2. The van der Waals surface area contributed by atoms with Crippen LogP contribution < -0.4 is 15.4 Å². The smallest absolute Gasteiger partial charge is 0.191 e. The molecule has 2 N–H and O–H groups in total. The topological polar surface area (TPSA) is 67.8 Å². The summed E-state index contributed by atoms with van der Waals surface area (Å²) in [5.41, 5.74) is 2.48. The van der Waals surface area contributed by atoms with E-state index < -0.39 is 0 Å². The van der Waals surface area contributed by atoms with Gasteiger partial charge in [0.2, 0.25) is 0 Å². The van der Waals surface area contributed by atoms with Gasteiger partial charge >= 0.3 is 0 Å². The van der Waals surface area contributed by atoms with E-state index in [9.17, 15) is 4.39 Å². The second-order valence-corrected chi connectivity index (χ2v) is 7.25. The van der Waals surface area contributed by atoms with E-state index in [1.54, 1.807) is 11.3 Å². The summed E-state index contributed by atoms with van der Waals surface area (Å²) in [4.78, 5) is 10.3. The number of aliphatic imine (C=N–C) groups is 1. The Labute approximate surface area is 179 Å². The highest BCUT2D eigenvalue weighted by Gasteiger charge is 2.17. The molecule has 0 bridgehead atoms. The molecule has 0 atom stereocenters. The van der Waals surface area contributed by atoms with E-state index in [1.807, 2.05) is 13.8 Å². The molecule has 0 amide bonds. The van der Waals surface area contributed by atoms with Gasteiger partial charge < -0.3 is 20.1 Å². The molecule has 0 aliphatic carbocycles. The molecule has 0 fully saturated rings. The maximum atomic E-state index is 13.8. The van der Waals surface area contributed by atoms with Crippen LogP contribution in [0.4, 0.5) is 4.39 Å². The van der Waals surface area contributed by atoms with E-state index in [4.69, 9.17) is 9.47 Å². The summed E-state index contributed by atoms with van der Waals surface area (Å²) in [6.07, 6.45) is 0. The fraction of sp³-hybridized carbons (Fsp3) is 0.444. The molecule has 0 spiro atoms. The van der Waals surface area contributed by atoms with Crippen molar-refractivity contribution in [2.24, 2.45) is 4.99 Å². The van der Waals surface area contributed by atoms with E-state index in [1.165, 1.54) is 17.0 Å². The van der Waals surface area contributed by atoms with Gasteiger partial charge in [0.25, 0.3) is 0 Å². The van der Waals surface area contributed by atoms with Crippen LogP contribution in [0, 0.1) is 19.7 Å². The highest BCUT2D eigenvalue weighted by Crippen LogP contribution is 2.29. The van der Waals surface area contributed by atoms with Crippen LogP contribution in [0.25, 0.3) is 0 Å². The van der Waals surface area contributed by atoms with Crippen LogP contribution in [0.3, 0.4) is 0 Å². The van der Waals surface area contributed by atoms with Crippen LogP contribution in [0.15, 0.2) is 17.1 Å². The Hall–Kier alpha value is -1.46. The van der Waals surface area contributed by atoms with E-state index in [-0.39, 0.29) is 36.6 Å². The number of halogens is 2. The minimum Gasteiger partial charge on any atom is -0.467 e. The van der Waals surface area contributed by atoms with Gasteiger partial charge in [-0.2, -0.15) is 0 Å². The average Bonchev–Trinajstić information content (AvgIpc) is 2.95. The summed E-state index contributed by atoms with van der Waals surface area (Å²) in [6.45, 7) is 8.23. The van der Waals surface area contributed by atoms with Crippen molar-refractivity contribution < 1.29 is 13.9 Å². The maximum absolute atomic E-state index is 13.8. The van der Waals surface area contributed by atoms with Crippen molar-refractivity contribution in [1.82, 2.24) is 15.6 Å². The molecule has 3 rings (SSSR count). The fourth-order valence-electron chi connectivity index (χ4n) is 2.65. The lowest BCUT2D eigenvalue weighted by Gasteiger charge is -2.20. The van der Waals surface area contributed by atoms with E-state index in [2.05, 4.69) is 27.5 Å². The molecule has 2 heterocycles. The van der Waals surface area contributed by atoms with Gasteiger partial charge in [0.15, 0.2) is 12.8 Å². The number of rotatable bonds is 5. The van der Waals surface area contributed by atoms with Gasteiger partial charge in [0.05, 0.1) is 25.4 Å². The second-order valence-electron chi connectivity index (χ2n) is 5.96. The molecule has 1 aliphatic rings. The van der Waals surface area contributed by atoms with Crippen molar-refractivity contribution >= 4 is 41.3 Å². The van der Waals surface area contributed by atoms with Crippen LogP contribution in [0.1, 0.15) is 33.6 Å². The molecule has 0 unspecified atom stereocenters. The van der Waals surface area contributed by atoms with Gasteiger partial charge in [0.1, 0.15) is 16.6 Å². The first-order valence-electron chi connectivity index (χ1n) is 8.53. The van der Waals surface area contributed by atoms with E-state index in [0.29, 0.717) is 42.5 Å². The molecular formula is C18H24FIN4O2S. The first-order valence-corrected chi connectivity index (χ1v) is 9.35. The summed E-state index contributed by atoms with van der Waals surface area (Å²) >= 11 is 1.67. The Morgan fingerprint density at radius 2 is 2.15 bits per heavy atom. The number of aromatic nitrogens is 1. The first kappa shape index (κ1) is 21.8. The van der Waals surface area contributed by atoms with E-state index >= 15 is 0 Å². The fourth-order valence-corrected chi connectivity index (χ4v) is 3.53. The summed E-state index contributed by atoms with van der Waals surface area (Å²) in [5.74, 6) is 1.02. The standard InChI is InChI=1S/C18H23FN4O2S.HI/c1-4-20-18(22-8-16-23-11(2)12(3)26-16)21-7-13-5-15(19)6-14-9-24-10-25-17(13)14;/h5-6H,4,7-10H2,1-3H3,(H2,20,21,22);1H. The lowest BCUT2D eigenvalue weighted by atomic mass is 10.1. The number of fused-ring (bicyclic) bond motifs is 1. The zero-order valence-corrected chi connectivity index (χ0v) is 18.7. The Balaban J connectivity index is 0.00000261. The number of guanidine groups is 1. The van der Waals surface area contributed by atoms with Gasteiger partial charge in [0, 0.05) is 22.5 Å². The number of hydrogen-bond acceptors (Lipinski definition) is 5. The van der Waals surface area contributed by atoms with Crippen molar-refractivity contribution in [1.29, 1.82) is 0 Å². The summed E-state index contributed by atoms with van der Waals surface area (Å²) < 4.78 is 24.6. The molecule has 27 heavy (non-hydrogen) atoms. The van der Waals surface area contributed by atoms with Crippen molar-refractivity contribution in [3.63, 3.8) is 0 Å². The Morgan fingerprint density at radius 3 is 2.85 bits per heavy atom. The van der Waals surface area contributed by atoms with Gasteiger partial charge in [-0.05, 0) is 32.9 Å². The predicted molar refractivity (Wildman–Crippen MR) is 115 cm³/mol.